The van der Waals surface area contributed by atoms with E-state index in [2.05, 4.69) is 118 Å². The largest absolute Gasteiger partial charge is 0.462 e. The molecule has 0 aliphatic heterocycles. The van der Waals surface area contributed by atoms with Crippen LogP contribution in [0.15, 0.2) is 97.2 Å². The molecule has 0 rings (SSSR count). The van der Waals surface area contributed by atoms with Crippen LogP contribution < -0.4 is 0 Å². The maximum Gasteiger partial charge on any atom is 0.306 e. The van der Waals surface area contributed by atoms with Crippen LogP contribution in [0.4, 0.5) is 0 Å². The lowest BCUT2D eigenvalue weighted by atomic mass is 10.0. The van der Waals surface area contributed by atoms with Crippen LogP contribution in [0.5, 0.6) is 0 Å². The molecule has 0 spiro atoms. The van der Waals surface area contributed by atoms with Crippen molar-refractivity contribution in [3.05, 3.63) is 97.2 Å². The second kappa shape index (κ2) is 65.8. The average molecular weight is 1090 g/mol. The summed E-state index contributed by atoms with van der Waals surface area (Å²) >= 11 is 0. The van der Waals surface area contributed by atoms with Crippen LogP contribution in [0, 0.1) is 0 Å². The predicted molar refractivity (Wildman–Crippen MR) is 339 cm³/mol. The quantitative estimate of drug-likeness (QED) is 0.0261. The summed E-state index contributed by atoms with van der Waals surface area (Å²) in [7, 11) is 0. The fourth-order valence-corrected chi connectivity index (χ4v) is 9.36. The molecule has 0 saturated carbocycles. The molecule has 78 heavy (non-hydrogen) atoms. The number of hydrogen-bond acceptors (Lipinski definition) is 6. The van der Waals surface area contributed by atoms with E-state index in [1.165, 1.54) is 173 Å². The molecule has 6 heteroatoms. The third-order valence-electron chi connectivity index (χ3n) is 14.3. The Morgan fingerprint density at radius 3 is 0.782 bits per heavy atom. The fraction of sp³-hybridized carbons (Fsp3) is 0.736. The lowest BCUT2D eigenvalue weighted by Crippen LogP contribution is -2.30. The second-order valence-electron chi connectivity index (χ2n) is 22.0. The highest BCUT2D eigenvalue weighted by Crippen LogP contribution is 2.16. The molecule has 0 heterocycles. The number of rotatable bonds is 60. The fourth-order valence-electron chi connectivity index (χ4n) is 9.36. The van der Waals surface area contributed by atoms with Crippen molar-refractivity contribution < 1.29 is 28.6 Å². The van der Waals surface area contributed by atoms with E-state index >= 15 is 0 Å². The number of unbranched alkanes of at least 4 members (excludes halogenated alkanes) is 33. The number of esters is 3. The molecule has 0 saturated heterocycles. The maximum atomic E-state index is 12.9. The molecule has 1 atom stereocenters. The van der Waals surface area contributed by atoms with Crippen molar-refractivity contribution in [2.45, 2.75) is 329 Å². The van der Waals surface area contributed by atoms with Gasteiger partial charge in [0.1, 0.15) is 13.2 Å². The van der Waals surface area contributed by atoms with E-state index in [1.807, 2.05) is 0 Å². The lowest BCUT2D eigenvalue weighted by molar-refractivity contribution is -0.167. The molecule has 0 aliphatic rings. The van der Waals surface area contributed by atoms with Crippen LogP contribution in [0.3, 0.4) is 0 Å². The van der Waals surface area contributed by atoms with Crippen molar-refractivity contribution in [1.29, 1.82) is 0 Å². The van der Waals surface area contributed by atoms with E-state index in [0.29, 0.717) is 19.3 Å². The molecule has 0 amide bonds. The van der Waals surface area contributed by atoms with Crippen molar-refractivity contribution in [2.24, 2.45) is 0 Å². The topological polar surface area (TPSA) is 78.9 Å². The van der Waals surface area contributed by atoms with Gasteiger partial charge in [0.15, 0.2) is 6.10 Å². The van der Waals surface area contributed by atoms with Gasteiger partial charge in [-0.25, -0.2) is 0 Å². The smallest absolute Gasteiger partial charge is 0.306 e. The molecule has 0 bridgehead atoms. The zero-order valence-corrected chi connectivity index (χ0v) is 51.4. The minimum absolute atomic E-state index is 0.0800. The number of ether oxygens (including phenoxy) is 3. The van der Waals surface area contributed by atoms with E-state index < -0.39 is 6.10 Å². The standard InChI is InChI=1S/C72H124O6/c1-4-7-10-13-16-19-21-23-25-27-29-31-33-34-35-36-37-38-40-41-43-45-47-49-51-53-56-59-62-65-71(74)77-68-69(67-76-70(73)64-61-58-55-18-15-12-9-6-3)78-72(75)66-63-60-57-54-52-50-48-46-44-42-39-32-30-28-26-24-22-20-17-14-11-8-5-2/h8,11,17,20-21,23-24,26-27,29-30,32-34,42,44,69H,4-7,9-10,12-16,18-19,22,25,28,31,35-41,43,45-68H2,1-3H3/b11-8-,20-17-,23-21-,26-24-,29-27-,32-30-,34-33-,44-42-. The first-order chi connectivity index (χ1) is 38.5. The SMILES string of the molecule is CC/C=C\C/C=C\C/C=C\C/C=C\C/C=C\CCCCCCCCCC(=O)OC(COC(=O)CCCCCCCCCC)COC(=O)CCCCCCCCCCCCCCCC/C=C\C/C=C\C/C=C\CCCCCCC. The van der Waals surface area contributed by atoms with Gasteiger partial charge in [0.05, 0.1) is 0 Å². The molecule has 448 valence electrons. The zero-order valence-electron chi connectivity index (χ0n) is 51.4. The van der Waals surface area contributed by atoms with E-state index in [4.69, 9.17) is 14.2 Å². The Bertz CT molecular complexity index is 1530. The van der Waals surface area contributed by atoms with Gasteiger partial charge in [-0.3, -0.25) is 14.4 Å². The molecule has 0 fully saturated rings. The van der Waals surface area contributed by atoms with E-state index in [0.717, 1.165) is 109 Å². The maximum absolute atomic E-state index is 12.9. The molecular weight excluding hydrogens is 961 g/mol. The number of allylic oxidation sites excluding steroid dienone is 16. The first-order valence-electron chi connectivity index (χ1n) is 33.2. The van der Waals surface area contributed by atoms with Crippen LogP contribution >= 0.6 is 0 Å². The van der Waals surface area contributed by atoms with Gasteiger partial charge in [-0.15, -0.1) is 0 Å². The van der Waals surface area contributed by atoms with E-state index in [-0.39, 0.29) is 31.1 Å². The van der Waals surface area contributed by atoms with Crippen LogP contribution in [-0.2, 0) is 28.6 Å². The Kier molecular flexibility index (Phi) is 62.7. The van der Waals surface area contributed by atoms with Crippen LogP contribution in [0.1, 0.15) is 323 Å². The highest BCUT2D eigenvalue weighted by Gasteiger charge is 2.19. The Balaban J connectivity index is 4.16. The van der Waals surface area contributed by atoms with Gasteiger partial charge in [0.2, 0.25) is 0 Å². The summed E-state index contributed by atoms with van der Waals surface area (Å²) < 4.78 is 16.9. The minimum Gasteiger partial charge on any atom is -0.462 e. The van der Waals surface area contributed by atoms with Gasteiger partial charge in [0.25, 0.3) is 0 Å². The zero-order chi connectivity index (χ0) is 56.4. The third kappa shape index (κ3) is 63.2. The van der Waals surface area contributed by atoms with Crippen molar-refractivity contribution in [1.82, 2.24) is 0 Å². The summed E-state index contributed by atoms with van der Waals surface area (Å²) in [5, 5.41) is 0. The van der Waals surface area contributed by atoms with Crippen molar-refractivity contribution in [3.8, 4) is 0 Å². The van der Waals surface area contributed by atoms with Gasteiger partial charge in [0, 0.05) is 19.3 Å². The predicted octanol–water partition coefficient (Wildman–Crippen LogP) is 22.8. The number of hydrogen-bond donors (Lipinski definition) is 0. The molecule has 0 N–H and O–H groups in total. The minimum atomic E-state index is -0.782. The first kappa shape index (κ1) is 74.3. The average Bonchev–Trinajstić information content (AvgIpc) is 3.44. The van der Waals surface area contributed by atoms with Gasteiger partial charge in [-0.05, 0) is 103 Å². The Labute approximate surface area is 483 Å². The van der Waals surface area contributed by atoms with E-state index in [9.17, 15) is 14.4 Å². The van der Waals surface area contributed by atoms with Crippen molar-refractivity contribution in [3.63, 3.8) is 0 Å². The van der Waals surface area contributed by atoms with E-state index in [1.54, 1.807) is 0 Å². The number of carbonyl (C=O) groups excluding carboxylic acids is 3. The first-order valence-corrected chi connectivity index (χ1v) is 33.2. The van der Waals surface area contributed by atoms with Gasteiger partial charge < -0.3 is 14.2 Å². The highest BCUT2D eigenvalue weighted by atomic mass is 16.6. The lowest BCUT2D eigenvalue weighted by Gasteiger charge is -2.18. The Hall–Kier alpha value is -3.67. The van der Waals surface area contributed by atoms with Crippen molar-refractivity contribution in [2.75, 3.05) is 13.2 Å². The summed E-state index contributed by atoms with van der Waals surface area (Å²) in [6.07, 6.45) is 88.7. The molecular formula is C72H124O6. The van der Waals surface area contributed by atoms with Gasteiger partial charge in [-0.2, -0.15) is 0 Å². The molecule has 6 nitrogen and oxygen atoms in total. The molecule has 1 unspecified atom stereocenters. The summed E-state index contributed by atoms with van der Waals surface area (Å²) in [4.78, 5) is 38.2. The summed E-state index contributed by atoms with van der Waals surface area (Å²) in [6.45, 7) is 6.50. The normalized spacial score (nSPS) is 12.7. The second-order valence-corrected chi connectivity index (χ2v) is 22.0. The van der Waals surface area contributed by atoms with Crippen LogP contribution in [0.25, 0.3) is 0 Å². The Morgan fingerprint density at radius 1 is 0.269 bits per heavy atom. The van der Waals surface area contributed by atoms with Gasteiger partial charge in [-0.1, -0.05) is 298 Å². The molecule has 0 aromatic carbocycles. The van der Waals surface area contributed by atoms with Crippen LogP contribution in [0.2, 0.25) is 0 Å². The van der Waals surface area contributed by atoms with Crippen molar-refractivity contribution >= 4 is 17.9 Å². The molecule has 0 aromatic heterocycles. The van der Waals surface area contributed by atoms with Crippen LogP contribution in [-0.4, -0.2) is 37.2 Å². The summed E-state index contributed by atoms with van der Waals surface area (Å²) in [5.41, 5.74) is 0. The monoisotopic (exact) mass is 1080 g/mol. The van der Waals surface area contributed by atoms with Gasteiger partial charge >= 0.3 is 17.9 Å². The highest BCUT2D eigenvalue weighted by molar-refractivity contribution is 5.71. The molecule has 0 aromatic rings. The molecule has 0 aliphatic carbocycles. The Morgan fingerprint density at radius 2 is 0.500 bits per heavy atom. The third-order valence-corrected chi connectivity index (χ3v) is 14.3. The summed E-state index contributed by atoms with van der Waals surface area (Å²) in [6, 6.07) is 0. The summed E-state index contributed by atoms with van der Waals surface area (Å²) in [5.74, 6) is -0.886. The number of carbonyl (C=O) groups is 3. The molecule has 0 radical (unpaired) electrons.